The van der Waals surface area contributed by atoms with Crippen LogP contribution in [0.15, 0.2) is 24.3 Å². The highest BCUT2D eigenvalue weighted by Crippen LogP contribution is 2.18. The summed E-state index contributed by atoms with van der Waals surface area (Å²) in [4.78, 5) is 35.7. The number of piperazine rings is 1. The van der Waals surface area contributed by atoms with E-state index in [0.717, 1.165) is 4.90 Å². The van der Waals surface area contributed by atoms with Crippen LogP contribution in [0.3, 0.4) is 0 Å². The fourth-order valence-electron chi connectivity index (χ4n) is 1.84. The number of halogens is 1. The molecule has 0 aromatic heterocycles. The van der Waals surface area contributed by atoms with Gasteiger partial charge in [-0.2, -0.15) is 0 Å². The third-order valence-corrected chi connectivity index (χ3v) is 2.95. The van der Waals surface area contributed by atoms with Gasteiger partial charge in [-0.05, 0) is 25.1 Å². The van der Waals surface area contributed by atoms with Gasteiger partial charge in [0, 0.05) is 5.02 Å². The van der Waals surface area contributed by atoms with Crippen molar-refractivity contribution in [3.63, 3.8) is 0 Å². The molecule has 2 rings (SSSR count). The summed E-state index contributed by atoms with van der Waals surface area (Å²) in [5.41, 5.74) is 0. The lowest BCUT2D eigenvalue weighted by Crippen LogP contribution is -2.55. The maximum atomic E-state index is 12.1. The molecule has 1 heterocycles. The Hall–Kier alpha value is -2.08. The topological polar surface area (TPSA) is 75.7 Å². The van der Waals surface area contributed by atoms with Gasteiger partial charge in [-0.15, -0.1) is 0 Å². The van der Waals surface area contributed by atoms with E-state index in [1.165, 1.54) is 0 Å². The van der Waals surface area contributed by atoms with Gasteiger partial charge >= 0.3 is 0 Å². The number of imide groups is 1. The summed E-state index contributed by atoms with van der Waals surface area (Å²) in [6, 6.07) is 6.64. The summed E-state index contributed by atoms with van der Waals surface area (Å²) in [7, 11) is 0. The SMILES string of the molecule is CC(Oc1cccc(Cl)c1)C(=O)N1CC(=O)NC(=O)C1. The van der Waals surface area contributed by atoms with E-state index in [1.807, 2.05) is 0 Å². The minimum Gasteiger partial charge on any atom is -0.481 e. The van der Waals surface area contributed by atoms with Crippen molar-refractivity contribution in [2.45, 2.75) is 13.0 Å². The number of nitrogens with one attached hydrogen (secondary N) is 1. The van der Waals surface area contributed by atoms with Crippen LogP contribution < -0.4 is 10.1 Å². The lowest BCUT2D eigenvalue weighted by Gasteiger charge is -2.28. The summed E-state index contributed by atoms with van der Waals surface area (Å²) in [6.45, 7) is 1.27. The number of hydrogen-bond acceptors (Lipinski definition) is 4. The van der Waals surface area contributed by atoms with Gasteiger partial charge in [-0.25, -0.2) is 0 Å². The fourth-order valence-corrected chi connectivity index (χ4v) is 2.03. The smallest absolute Gasteiger partial charge is 0.264 e. The average Bonchev–Trinajstić information content (AvgIpc) is 2.36. The monoisotopic (exact) mass is 296 g/mol. The van der Waals surface area contributed by atoms with Crippen LogP contribution in [0, 0.1) is 0 Å². The summed E-state index contributed by atoms with van der Waals surface area (Å²) in [5, 5.41) is 2.63. The standard InChI is InChI=1S/C13H13ClN2O4/c1-8(20-10-4-2-3-9(14)5-10)13(19)16-6-11(17)15-12(18)7-16/h2-5,8H,6-7H2,1H3,(H,15,17,18). The van der Waals surface area contributed by atoms with E-state index in [9.17, 15) is 14.4 Å². The molecule has 1 atom stereocenters. The van der Waals surface area contributed by atoms with Gasteiger partial charge < -0.3 is 9.64 Å². The second kappa shape index (κ2) is 5.92. The van der Waals surface area contributed by atoms with Crippen LogP contribution in [-0.2, 0) is 14.4 Å². The lowest BCUT2D eigenvalue weighted by atomic mass is 10.2. The lowest BCUT2D eigenvalue weighted by molar-refractivity contribution is -0.148. The van der Waals surface area contributed by atoms with Crippen molar-refractivity contribution in [1.82, 2.24) is 10.2 Å². The number of carbonyl (C=O) groups is 3. The quantitative estimate of drug-likeness (QED) is 0.829. The molecular formula is C13H13ClN2O4. The molecular weight excluding hydrogens is 284 g/mol. The summed E-state index contributed by atoms with van der Waals surface area (Å²) in [5.74, 6) is -0.964. The molecule has 1 saturated heterocycles. The molecule has 1 unspecified atom stereocenters. The molecule has 3 amide bonds. The number of nitrogens with zero attached hydrogens (tertiary/aromatic N) is 1. The van der Waals surface area contributed by atoms with Crippen LogP contribution in [0.5, 0.6) is 5.75 Å². The molecule has 6 nitrogen and oxygen atoms in total. The van der Waals surface area contributed by atoms with Gasteiger partial charge in [0.15, 0.2) is 6.10 Å². The molecule has 20 heavy (non-hydrogen) atoms. The van der Waals surface area contributed by atoms with Gasteiger partial charge in [-0.3, -0.25) is 19.7 Å². The molecule has 0 bridgehead atoms. The Balaban J connectivity index is 2.01. The zero-order valence-corrected chi connectivity index (χ0v) is 11.5. The van der Waals surface area contributed by atoms with Crippen molar-refractivity contribution in [3.8, 4) is 5.75 Å². The minimum atomic E-state index is -0.813. The van der Waals surface area contributed by atoms with Crippen molar-refractivity contribution >= 4 is 29.3 Å². The predicted octanol–water partition coefficient (Wildman–Crippen LogP) is 0.592. The molecule has 1 aromatic carbocycles. The largest absolute Gasteiger partial charge is 0.481 e. The van der Waals surface area contributed by atoms with E-state index in [4.69, 9.17) is 16.3 Å². The number of amides is 3. The van der Waals surface area contributed by atoms with Crippen LogP contribution in [0.1, 0.15) is 6.92 Å². The Morgan fingerprint density at radius 1 is 1.35 bits per heavy atom. The number of hydrogen-bond donors (Lipinski definition) is 1. The summed E-state index contributed by atoms with van der Waals surface area (Å²) >= 11 is 5.82. The zero-order chi connectivity index (χ0) is 14.7. The molecule has 7 heteroatoms. The van der Waals surface area contributed by atoms with E-state index < -0.39 is 23.8 Å². The molecule has 0 aliphatic carbocycles. The normalized spacial score (nSPS) is 16.6. The zero-order valence-electron chi connectivity index (χ0n) is 10.8. The molecule has 0 radical (unpaired) electrons. The van der Waals surface area contributed by atoms with Crippen LogP contribution in [0.2, 0.25) is 5.02 Å². The molecule has 1 N–H and O–H groups in total. The highest BCUT2D eigenvalue weighted by molar-refractivity contribution is 6.30. The molecule has 1 aliphatic rings. The Kier molecular flexibility index (Phi) is 4.24. The number of carbonyl (C=O) groups excluding carboxylic acids is 3. The van der Waals surface area contributed by atoms with Crippen LogP contribution in [0.25, 0.3) is 0 Å². The first-order chi connectivity index (χ1) is 9.45. The van der Waals surface area contributed by atoms with Crippen LogP contribution in [-0.4, -0.2) is 41.8 Å². The second-order valence-corrected chi connectivity index (χ2v) is 4.82. The van der Waals surface area contributed by atoms with Crippen molar-refractivity contribution in [2.75, 3.05) is 13.1 Å². The maximum Gasteiger partial charge on any atom is 0.264 e. The van der Waals surface area contributed by atoms with Crippen molar-refractivity contribution in [1.29, 1.82) is 0 Å². The second-order valence-electron chi connectivity index (χ2n) is 4.38. The van der Waals surface area contributed by atoms with Crippen LogP contribution >= 0.6 is 11.6 Å². The Morgan fingerprint density at radius 2 is 2.00 bits per heavy atom. The van der Waals surface area contributed by atoms with E-state index in [1.54, 1.807) is 31.2 Å². The van der Waals surface area contributed by atoms with Crippen molar-refractivity contribution in [3.05, 3.63) is 29.3 Å². The van der Waals surface area contributed by atoms with Crippen molar-refractivity contribution < 1.29 is 19.1 Å². The number of rotatable bonds is 3. The van der Waals surface area contributed by atoms with Gasteiger partial charge in [0.1, 0.15) is 18.8 Å². The van der Waals surface area contributed by atoms with Crippen LogP contribution in [0.4, 0.5) is 0 Å². The minimum absolute atomic E-state index is 0.145. The molecule has 0 saturated carbocycles. The molecule has 1 aromatic rings. The number of ether oxygens (including phenoxy) is 1. The molecule has 0 spiro atoms. The molecule has 106 valence electrons. The van der Waals surface area contributed by atoms with E-state index in [-0.39, 0.29) is 13.1 Å². The van der Waals surface area contributed by atoms with Gasteiger partial charge in [0.05, 0.1) is 0 Å². The highest BCUT2D eigenvalue weighted by Gasteiger charge is 2.30. The predicted molar refractivity (Wildman–Crippen MR) is 71.3 cm³/mol. The van der Waals surface area contributed by atoms with E-state index in [0.29, 0.717) is 10.8 Å². The van der Waals surface area contributed by atoms with Gasteiger partial charge in [0.25, 0.3) is 5.91 Å². The molecule has 1 aliphatic heterocycles. The summed E-state index contributed by atoms with van der Waals surface area (Å²) < 4.78 is 5.46. The van der Waals surface area contributed by atoms with E-state index in [2.05, 4.69) is 5.32 Å². The van der Waals surface area contributed by atoms with E-state index >= 15 is 0 Å². The first kappa shape index (κ1) is 14.3. The Morgan fingerprint density at radius 3 is 2.60 bits per heavy atom. The Labute approximate surface area is 120 Å². The average molecular weight is 297 g/mol. The summed E-state index contributed by atoms with van der Waals surface area (Å²) in [6.07, 6.45) is -0.813. The number of benzene rings is 1. The third-order valence-electron chi connectivity index (χ3n) is 2.72. The first-order valence-electron chi connectivity index (χ1n) is 5.99. The first-order valence-corrected chi connectivity index (χ1v) is 6.37. The Bertz CT molecular complexity index is 545. The fraction of sp³-hybridized carbons (Fsp3) is 0.308. The highest BCUT2D eigenvalue weighted by atomic mass is 35.5. The van der Waals surface area contributed by atoms with Crippen molar-refractivity contribution in [2.24, 2.45) is 0 Å². The molecule has 1 fully saturated rings. The van der Waals surface area contributed by atoms with Gasteiger partial charge in [-0.1, -0.05) is 17.7 Å². The van der Waals surface area contributed by atoms with Gasteiger partial charge in [0.2, 0.25) is 11.8 Å². The maximum absolute atomic E-state index is 12.1. The third kappa shape index (κ3) is 3.48.